The average Bonchev–Trinajstić information content (AvgIpc) is 3.22. The van der Waals surface area contributed by atoms with E-state index in [1.165, 1.54) is 23.5 Å². The van der Waals surface area contributed by atoms with E-state index in [2.05, 4.69) is 10.1 Å². The molecular weight excluding hydrogens is 365 g/mol. The van der Waals surface area contributed by atoms with Gasteiger partial charge in [-0.3, -0.25) is 0 Å². The molecule has 138 valence electrons. The average molecular weight is 382 g/mol. The van der Waals surface area contributed by atoms with Crippen LogP contribution in [0.25, 0.3) is 22.2 Å². The Morgan fingerprint density at radius 3 is 2.65 bits per heavy atom. The molecule has 0 bridgehead atoms. The number of hydrogen-bond donors (Lipinski definition) is 0. The van der Waals surface area contributed by atoms with Crippen LogP contribution in [0.4, 0.5) is 13.2 Å². The van der Waals surface area contributed by atoms with Crippen LogP contribution in [0.2, 0.25) is 0 Å². The molecule has 0 unspecified atom stereocenters. The first kappa shape index (κ1) is 18.4. The topological polar surface area (TPSA) is 48.2 Å². The minimum absolute atomic E-state index is 0.0355. The molecule has 0 amide bonds. The fourth-order valence-corrected chi connectivity index (χ4v) is 3.17. The molecule has 0 saturated heterocycles. The molecule has 1 aromatic carbocycles. The fourth-order valence-electron chi connectivity index (χ4n) is 2.32. The molecule has 26 heavy (non-hydrogen) atoms. The molecule has 2 heterocycles. The summed E-state index contributed by atoms with van der Waals surface area (Å²) >= 11 is 1.45. The summed E-state index contributed by atoms with van der Waals surface area (Å²) in [6.45, 7) is 5.48. The van der Waals surface area contributed by atoms with Gasteiger partial charge in [0.25, 0.3) is 5.89 Å². The summed E-state index contributed by atoms with van der Waals surface area (Å²) in [5.74, 6) is 0.193. The summed E-state index contributed by atoms with van der Waals surface area (Å²) in [6.07, 6.45) is -4.27. The molecule has 4 nitrogen and oxygen atoms in total. The van der Waals surface area contributed by atoms with Crippen molar-refractivity contribution in [2.45, 2.75) is 39.5 Å². The van der Waals surface area contributed by atoms with E-state index in [1.54, 1.807) is 6.92 Å². The molecule has 0 radical (unpaired) electrons. The van der Waals surface area contributed by atoms with Gasteiger partial charge in [0.1, 0.15) is 5.75 Å². The van der Waals surface area contributed by atoms with Crippen molar-refractivity contribution in [2.24, 2.45) is 0 Å². The van der Waals surface area contributed by atoms with E-state index in [0.717, 1.165) is 16.5 Å². The van der Waals surface area contributed by atoms with Gasteiger partial charge in [-0.05, 0) is 55.5 Å². The summed E-state index contributed by atoms with van der Waals surface area (Å²) < 4.78 is 50.9. The summed E-state index contributed by atoms with van der Waals surface area (Å²) in [7, 11) is 0. The second kappa shape index (κ2) is 7.11. The highest BCUT2D eigenvalue weighted by atomic mass is 32.1. The van der Waals surface area contributed by atoms with Gasteiger partial charge >= 0.3 is 6.18 Å². The number of alkyl halides is 3. The highest BCUT2D eigenvalue weighted by Gasteiger charge is 2.35. The first-order valence-corrected chi connectivity index (χ1v) is 8.94. The minimum Gasteiger partial charge on any atom is -0.490 e. The zero-order chi connectivity index (χ0) is 18.9. The van der Waals surface area contributed by atoms with Crippen molar-refractivity contribution < 1.29 is 22.4 Å². The quantitative estimate of drug-likeness (QED) is 0.545. The van der Waals surface area contributed by atoms with Crippen LogP contribution < -0.4 is 4.74 Å². The molecule has 0 saturated carbocycles. The number of thiophene rings is 1. The van der Waals surface area contributed by atoms with Gasteiger partial charge in [0, 0.05) is 5.56 Å². The second-order valence-electron chi connectivity index (χ2n) is 5.90. The van der Waals surface area contributed by atoms with Gasteiger partial charge in [0.2, 0.25) is 5.82 Å². The van der Waals surface area contributed by atoms with E-state index in [-0.39, 0.29) is 23.3 Å². The third-order valence-electron chi connectivity index (χ3n) is 3.93. The van der Waals surface area contributed by atoms with Crippen molar-refractivity contribution in [3.63, 3.8) is 0 Å². The highest BCUT2D eigenvalue weighted by Crippen LogP contribution is 2.39. The van der Waals surface area contributed by atoms with Crippen LogP contribution in [-0.2, 0) is 6.18 Å². The molecule has 2 aromatic heterocycles. The first-order chi connectivity index (χ1) is 12.3. The zero-order valence-electron chi connectivity index (χ0n) is 14.4. The Hall–Kier alpha value is -2.35. The molecule has 0 aliphatic carbocycles. The molecule has 0 fully saturated rings. The smallest absolute Gasteiger partial charge is 0.419 e. The molecule has 3 aromatic rings. The van der Waals surface area contributed by atoms with Crippen LogP contribution in [0, 0.1) is 6.92 Å². The molecule has 0 N–H and O–H groups in total. The number of ether oxygens (including phenoxy) is 1. The van der Waals surface area contributed by atoms with Crippen molar-refractivity contribution in [1.82, 2.24) is 10.1 Å². The van der Waals surface area contributed by atoms with Crippen molar-refractivity contribution in [3.05, 3.63) is 40.8 Å². The van der Waals surface area contributed by atoms with Crippen LogP contribution >= 0.6 is 11.3 Å². The molecule has 0 spiro atoms. The molecule has 0 aliphatic heterocycles. The monoisotopic (exact) mass is 382 g/mol. The number of halogens is 3. The minimum atomic E-state index is -4.55. The Labute approximate surface area is 152 Å². The molecule has 8 heteroatoms. The number of rotatable bonds is 5. The van der Waals surface area contributed by atoms with Gasteiger partial charge in [0.05, 0.1) is 16.5 Å². The lowest BCUT2D eigenvalue weighted by atomic mass is 10.1. The third-order valence-corrected chi connectivity index (χ3v) is 4.94. The Kier molecular flexibility index (Phi) is 5.04. The third kappa shape index (κ3) is 3.75. The number of aromatic nitrogens is 2. The van der Waals surface area contributed by atoms with Crippen LogP contribution in [0.1, 0.15) is 31.4 Å². The van der Waals surface area contributed by atoms with Gasteiger partial charge in [-0.1, -0.05) is 12.1 Å². The maximum absolute atomic E-state index is 13.4. The van der Waals surface area contributed by atoms with Crippen LogP contribution in [0.3, 0.4) is 0 Å². The Balaban J connectivity index is 1.99. The molecule has 3 rings (SSSR count). The summed E-state index contributed by atoms with van der Waals surface area (Å²) in [5.41, 5.74) is 0.319. The largest absolute Gasteiger partial charge is 0.490 e. The van der Waals surface area contributed by atoms with E-state index < -0.39 is 11.7 Å². The predicted octanol–water partition coefficient (Wildman–Crippen LogP) is 5.97. The van der Waals surface area contributed by atoms with E-state index in [9.17, 15) is 13.2 Å². The lowest BCUT2D eigenvalue weighted by molar-refractivity contribution is -0.139. The van der Waals surface area contributed by atoms with Crippen molar-refractivity contribution >= 4 is 11.3 Å². The number of aryl methyl sites for hydroxylation is 1. The van der Waals surface area contributed by atoms with Gasteiger partial charge in [-0.15, -0.1) is 11.3 Å². The molecule has 1 atom stereocenters. The Morgan fingerprint density at radius 1 is 1.27 bits per heavy atom. The van der Waals surface area contributed by atoms with Gasteiger partial charge < -0.3 is 9.26 Å². The number of hydrogen-bond acceptors (Lipinski definition) is 5. The number of nitrogens with zero attached hydrogens (tertiary/aromatic N) is 2. The maximum atomic E-state index is 13.4. The molecule has 0 aliphatic rings. The number of benzene rings is 1. The van der Waals surface area contributed by atoms with Crippen LogP contribution in [-0.4, -0.2) is 16.2 Å². The molecular formula is C18H17F3N2O2S. The summed E-state index contributed by atoms with van der Waals surface area (Å²) in [5, 5.41) is 5.78. The predicted molar refractivity (Wildman–Crippen MR) is 93.2 cm³/mol. The van der Waals surface area contributed by atoms with E-state index >= 15 is 0 Å². The standard InChI is InChI=1S/C18H17F3N2O2S/c1-4-11(3)24-14-6-5-12(9-13(14)18(19,20)21)17-22-16(23-25-17)15-10(2)7-8-26-15/h5-9,11H,4H2,1-3H3/t11-/m0/s1. The Morgan fingerprint density at radius 2 is 2.04 bits per heavy atom. The Bertz CT molecular complexity index is 902. The first-order valence-electron chi connectivity index (χ1n) is 8.06. The van der Waals surface area contributed by atoms with Gasteiger partial charge in [-0.25, -0.2) is 0 Å². The maximum Gasteiger partial charge on any atom is 0.419 e. The van der Waals surface area contributed by atoms with Crippen molar-refractivity contribution in [3.8, 4) is 27.9 Å². The highest BCUT2D eigenvalue weighted by molar-refractivity contribution is 7.13. The summed E-state index contributed by atoms with van der Waals surface area (Å²) in [4.78, 5) is 5.06. The van der Waals surface area contributed by atoms with E-state index in [1.807, 2.05) is 25.3 Å². The van der Waals surface area contributed by atoms with Gasteiger partial charge in [-0.2, -0.15) is 18.2 Å². The van der Waals surface area contributed by atoms with Crippen molar-refractivity contribution in [2.75, 3.05) is 0 Å². The second-order valence-corrected chi connectivity index (χ2v) is 6.82. The SMILES string of the molecule is CC[C@H](C)Oc1ccc(-c2nc(-c3sccc3C)no2)cc1C(F)(F)F. The normalized spacial score (nSPS) is 13.0. The lowest BCUT2D eigenvalue weighted by Gasteiger charge is -2.18. The van der Waals surface area contributed by atoms with Crippen LogP contribution in [0.5, 0.6) is 5.75 Å². The lowest BCUT2D eigenvalue weighted by Crippen LogP contribution is -2.15. The fraction of sp³-hybridized carbons (Fsp3) is 0.333. The van der Waals surface area contributed by atoms with Gasteiger partial charge in [0.15, 0.2) is 0 Å². The van der Waals surface area contributed by atoms with Crippen LogP contribution in [0.15, 0.2) is 34.2 Å². The van der Waals surface area contributed by atoms with E-state index in [0.29, 0.717) is 12.2 Å². The van der Waals surface area contributed by atoms with E-state index in [4.69, 9.17) is 9.26 Å². The summed E-state index contributed by atoms with van der Waals surface area (Å²) in [6, 6.07) is 5.69. The zero-order valence-corrected chi connectivity index (χ0v) is 15.2. The van der Waals surface area contributed by atoms with Crippen molar-refractivity contribution in [1.29, 1.82) is 0 Å².